The Kier molecular flexibility index (Phi) is 4.17. The number of nitrogens with zero attached hydrogens (tertiary/aromatic N) is 5. The first-order valence-electron chi connectivity index (χ1n) is 9.51. The first-order chi connectivity index (χ1) is 14.2. The van der Waals surface area contributed by atoms with Crippen LogP contribution in [0.15, 0.2) is 36.8 Å². The second-order valence-corrected chi connectivity index (χ2v) is 7.04. The van der Waals surface area contributed by atoms with Crippen LogP contribution in [0.4, 0.5) is 5.82 Å². The summed E-state index contributed by atoms with van der Waals surface area (Å²) in [4.78, 5) is 20.9. The van der Waals surface area contributed by atoms with Crippen molar-refractivity contribution in [3.05, 3.63) is 42.4 Å². The second-order valence-electron chi connectivity index (χ2n) is 7.04. The van der Waals surface area contributed by atoms with Gasteiger partial charge in [-0.15, -0.1) is 0 Å². The van der Waals surface area contributed by atoms with E-state index in [0.29, 0.717) is 23.2 Å². The van der Waals surface area contributed by atoms with Gasteiger partial charge in [-0.3, -0.25) is 0 Å². The molecule has 0 bridgehead atoms. The zero-order valence-electron chi connectivity index (χ0n) is 15.9. The summed E-state index contributed by atoms with van der Waals surface area (Å²) in [5, 5.41) is 17.7. The molecule has 148 valence electrons. The number of carbonyl (C=O) groups is 1. The molecule has 5 rings (SSSR count). The van der Waals surface area contributed by atoms with Crippen molar-refractivity contribution in [1.82, 2.24) is 24.1 Å². The number of fused-ring (bicyclic) bond motifs is 2. The lowest BCUT2D eigenvalue weighted by Gasteiger charge is -2.24. The highest BCUT2D eigenvalue weighted by Crippen LogP contribution is 2.34. The van der Waals surface area contributed by atoms with E-state index in [2.05, 4.69) is 31.1 Å². The molecule has 5 heterocycles. The lowest BCUT2D eigenvalue weighted by atomic mass is 10.1. The molecule has 9 heteroatoms. The van der Waals surface area contributed by atoms with E-state index in [1.807, 2.05) is 18.2 Å². The minimum absolute atomic E-state index is 0.0645. The Hall–Kier alpha value is -3.46. The Morgan fingerprint density at radius 3 is 2.90 bits per heavy atom. The molecule has 0 aliphatic carbocycles. The Morgan fingerprint density at radius 2 is 2.14 bits per heavy atom. The van der Waals surface area contributed by atoms with Gasteiger partial charge in [0.05, 0.1) is 11.9 Å². The Bertz CT molecular complexity index is 1220. The van der Waals surface area contributed by atoms with Gasteiger partial charge in [0.2, 0.25) is 0 Å². The lowest BCUT2D eigenvalue weighted by Crippen LogP contribution is -2.19. The SMILES string of the molecule is CNc1cc(-c2cn(C3CCOCC3)c3ncccc23)nc2c(C(=O)O)cnn12. The van der Waals surface area contributed by atoms with Crippen LogP contribution >= 0.6 is 0 Å². The van der Waals surface area contributed by atoms with Gasteiger partial charge in [-0.25, -0.2) is 14.8 Å². The summed E-state index contributed by atoms with van der Waals surface area (Å²) in [6.07, 6.45) is 7.04. The van der Waals surface area contributed by atoms with Crippen LogP contribution in [0, 0.1) is 0 Å². The molecule has 0 aromatic carbocycles. The molecule has 4 aromatic heterocycles. The van der Waals surface area contributed by atoms with E-state index in [-0.39, 0.29) is 5.56 Å². The van der Waals surface area contributed by atoms with Gasteiger partial charge in [0.25, 0.3) is 0 Å². The van der Waals surface area contributed by atoms with Crippen LogP contribution in [0.25, 0.3) is 27.9 Å². The molecule has 0 unspecified atom stereocenters. The van der Waals surface area contributed by atoms with Crippen molar-refractivity contribution in [3.63, 3.8) is 0 Å². The number of carboxylic acid groups (broad SMARTS) is 1. The van der Waals surface area contributed by atoms with Crippen molar-refractivity contribution in [1.29, 1.82) is 0 Å². The molecule has 0 saturated carbocycles. The molecule has 0 atom stereocenters. The Labute approximate surface area is 166 Å². The van der Waals surface area contributed by atoms with E-state index in [0.717, 1.165) is 42.7 Å². The average molecular weight is 392 g/mol. The predicted molar refractivity (Wildman–Crippen MR) is 107 cm³/mol. The minimum Gasteiger partial charge on any atom is -0.477 e. The van der Waals surface area contributed by atoms with E-state index in [1.54, 1.807) is 13.2 Å². The minimum atomic E-state index is -1.06. The average Bonchev–Trinajstić information content (AvgIpc) is 3.35. The fraction of sp³-hybridized carbons (Fsp3) is 0.300. The predicted octanol–water partition coefficient (Wildman–Crippen LogP) is 2.84. The normalized spacial score (nSPS) is 15.2. The van der Waals surface area contributed by atoms with E-state index >= 15 is 0 Å². The standard InChI is InChI=1S/C20H20N6O3/c1-21-17-9-16(24-19-14(20(27)28)10-23-26(17)19)15-11-25(12-4-7-29-8-5-12)18-13(15)3-2-6-22-18/h2-3,6,9-12,21H,4-5,7-8H2,1H3,(H,27,28). The summed E-state index contributed by atoms with van der Waals surface area (Å²) >= 11 is 0. The molecule has 0 spiro atoms. The molecule has 1 saturated heterocycles. The zero-order chi connectivity index (χ0) is 20.0. The number of pyridine rings is 1. The maximum atomic E-state index is 11.6. The van der Waals surface area contributed by atoms with Gasteiger partial charge >= 0.3 is 5.97 Å². The lowest BCUT2D eigenvalue weighted by molar-refractivity contribution is 0.0697. The molecular weight excluding hydrogens is 372 g/mol. The van der Waals surface area contributed by atoms with Crippen molar-refractivity contribution in [2.24, 2.45) is 0 Å². The molecule has 4 aromatic rings. The summed E-state index contributed by atoms with van der Waals surface area (Å²) in [5.74, 6) is -0.397. The van der Waals surface area contributed by atoms with Gasteiger partial charge < -0.3 is 19.7 Å². The van der Waals surface area contributed by atoms with Crippen LogP contribution in [-0.2, 0) is 4.74 Å². The fourth-order valence-corrected chi connectivity index (χ4v) is 3.96. The third kappa shape index (κ3) is 2.82. The van der Waals surface area contributed by atoms with E-state index in [4.69, 9.17) is 4.74 Å². The number of ether oxygens (including phenoxy) is 1. The molecular formula is C20H20N6O3. The Morgan fingerprint density at radius 1 is 1.31 bits per heavy atom. The number of anilines is 1. The summed E-state index contributed by atoms with van der Waals surface area (Å²) in [7, 11) is 1.77. The van der Waals surface area contributed by atoms with Gasteiger partial charge in [0, 0.05) is 55.7 Å². The second kappa shape index (κ2) is 6.85. The van der Waals surface area contributed by atoms with Gasteiger partial charge in [-0.05, 0) is 25.0 Å². The zero-order valence-corrected chi connectivity index (χ0v) is 15.9. The third-order valence-corrected chi connectivity index (χ3v) is 5.41. The maximum absolute atomic E-state index is 11.6. The van der Waals surface area contributed by atoms with Gasteiger partial charge in [0.1, 0.15) is 17.0 Å². The van der Waals surface area contributed by atoms with Gasteiger partial charge in [-0.1, -0.05) is 0 Å². The monoisotopic (exact) mass is 392 g/mol. The molecule has 1 aliphatic rings. The summed E-state index contributed by atoms with van der Waals surface area (Å²) < 4.78 is 9.21. The summed E-state index contributed by atoms with van der Waals surface area (Å²) in [6, 6.07) is 6.11. The molecule has 1 aliphatic heterocycles. The number of aromatic nitrogens is 5. The van der Waals surface area contributed by atoms with Crippen molar-refractivity contribution >= 4 is 28.5 Å². The largest absolute Gasteiger partial charge is 0.477 e. The van der Waals surface area contributed by atoms with Crippen LogP contribution < -0.4 is 5.32 Å². The highest BCUT2D eigenvalue weighted by atomic mass is 16.5. The molecule has 2 N–H and O–H groups in total. The fourth-order valence-electron chi connectivity index (χ4n) is 3.96. The molecule has 0 amide bonds. The quantitative estimate of drug-likeness (QED) is 0.550. The topological polar surface area (TPSA) is 107 Å². The van der Waals surface area contributed by atoms with Crippen molar-refractivity contribution in [3.8, 4) is 11.3 Å². The summed E-state index contributed by atoms with van der Waals surface area (Å²) in [5.41, 5.74) is 2.85. The third-order valence-electron chi connectivity index (χ3n) is 5.41. The van der Waals surface area contributed by atoms with Crippen LogP contribution in [0.5, 0.6) is 0 Å². The Balaban J connectivity index is 1.74. The van der Waals surface area contributed by atoms with Crippen molar-refractivity contribution < 1.29 is 14.6 Å². The van der Waals surface area contributed by atoms with Gasteiger partial charge in [0.15, 0.2) is 5.65 Å². The highest BCUT2D eigenvalue weighted by Gasteiger charge is 2.22. The highest BCUT2D eigenvalue weighted by molar-refractivity contribution is 5.97. The molecule has 0 radical (unpaired) electrons. The molecule has 9 nitrogen and oxygen atoms in total. The van der Waals surface area contributed by atoms with Crippen LogP contribution in [-0.4, -0.2) is 55.5 Å². The van der Waals surface area contributed by atoms with Crippen molar-refractivity contribution in [2.45, 2.75) is 18.9 Å². The van der Waals surface area contributed by atoms with Crippen LogP contribution in [0.3, 0.4) is 0 Å². The van der Waals surface area contributed by atoms with Crippen LogP contribution in [0.1, 0.15) is 29.2 Å². The molecule has 1 fully saturated rings. The first-order valence-corrected chi connectivity index (χ1v) is 9.51. The number of hydrogen-bond acceptors (Lipinski definition) is 6. The van der Waals surface area contributed by atoms with Crippen LogP contribution in [0.2, 0.25) is 0 Å². The number of nitrogens with one attached hydrogen (secondary N) is 1. The summed E-state index contributed by atoms with van der Waals surface area (Å²) in [6.45, 7) is 1.47. The maximum Gasteiger partial charge on any atom is 0.341 e. The van der Waals surface area contributed by atoms with Gasteiger partial charge in [-0.2, -0.15) is 9.61 Å². The van der Waals surface area contributed by atoms with E-state index < -0.39 is 5.97 Å². The number of carboxylic acids is 1. The van der Waals surface area contributed by atoms with E-state index in [1.165, 1.54) is 10.7 Å². The molecule has 29 heavy (non-hydrogen) atoms. The first kappa shape index (κ1) is 17.6. The number of rotatable bonds is 4. The number of aromatic carboxylic acids is 1. The smallest absolute Gasteiger partial charge is 0.341 e. The number of hydrogen-bond donors (Lipinski definition) is 2. The van der Waals surface area contributed by atoms with Crippen molar-refractivity contribution in [2.75, 3.05) is 25.6 Å². The van der Waals surface area contributed by atoms with E-state index in [9.17, 15) is 9.90 Å².